The van der Waals surface area contributed by atoms with Crippen molar-refractivity contribution in [3.63, 3.8) is 0 Å². The lowest BCUT2D eigenvalue weighted by Gasteiger charge is -2.50. The topological polar surface area (TPSA) is 35.5 Å². The van der Waals surface area contributed by atoms with Gasteiger partial charge in [0.15, 0.2) is 0 Å². The number of fused-ring (bicyclic) bond motifs is 1. The van der Waals surface area contributed by atoms with Crippen molar-refractivity contribution < 1.29 is 9.38 Å². The van der Waals surface area contributed by atoms with Crippen LogP contribution in [0.2, 0.25) is 0 Å². The molecule has 1 aliphatic rings. The quantitative estimate of drug-likeness (QED) is 0.349. The van der Waals surface area contributed by atoms with E-state index in [4.69, 9.17) is 16.3 Å². The molecule has 4 nitrogen and oxygen atoms in total. The molecule has 0 fully saturated rings. The van der Waals surface area contributed by atoms with Gasteiger partial charge in [-0.05, 0) is 41.7 Å². The Hall–Kier alpha value is -1.85. The molecule has 0 saturated carbocycles. The summed E-state index contributed by atoms with van der Waals surface area (Å²) in [6.45, 7) is 1.83. The first-order valence-corrected chi connectivity index (χ1v) is 8.66. The molecule has 25 heavy (non-hydrogen) atoms. The number of nitrogens with zero attached hydrogens (tertiary/aromatic N) is 2. The highest BCUT2D eigenvalue weighted by molar-refractivity contribution is 6.19. The third-order valence-electron chi connectivity index (χ3n) is 4.94. The fourth-order valence-corrected chi connectivity index (χ4v) is 3.47. The van der Waals surface area contributed by atoms with E-state index in [0.29, 0.717) is 5.70 Å². The van der Waals surface area contributed by atoms with Crippen LogP contribution in [0.25, 0.3) is 16.8 Å². The number of ether oxygens (including phenoxy) is 1. The number of benzene rings is 2. The lowest BCUT2D eigenvalue weighted by molar-refractivity contribution is -0.850. The van der Waals surface area contributed by atoms with Gasteiger partial charge in [-0.15, -0.1) is 0 Å². The smallest absolute Gasteiger partial charge is 0.227 e. The predicted octanol–water partition coefficient (Wildman–Crippen LogP) is 4.55. The largest absolute Gasteiger partial charge is 0.626 e. The van der Waals surface area contributed by atoms with Crippen molar-refractivity contribution in [2.24, 2.45) is 0 Å². The van der Waals surface area contributed by atoms with Crippen molar-refractivity contribution in [3.8, 4) is 5.75 Å². The first-order valence-electron chi connectivity index (χ1n) is 8.22. The second-order valence-corrected chi connectivity index (χ2v) is 6.92. The average molecular weight is 359 g/mol. The van der Waals surface area contributed by atoms with Crippen LogP contribution >= 0.6 is 11.6 Å². The predicted molar refractivity (Wildman–Crippen MR) is 104 cm³/mol. The number of rotatable bonds is 3. The molecule has 0 bridgehead atoms. The number of hydroxylamine groups is 3. The Morgan fingerprint density at radius 1 is 1.20 bits per heavy atom. The Labute approximate surface area is 153 Å². The number of methoxy groups -OCH3 is 1. The Morgan fingerprint density at radius 3 is 2.56 bits per heavy atom. The van der Waals surface area contributed by atoms with Gasteiger partial charge in [-0.2, -0.15) is 0 Å². The van der Waals surface area contributed by atoms with Gasteiger partial charge in [-0.25, -0.2) is 4.90 Å². The van der Waals surface area contributed by atoms with Crippen molar-refractivity contribution in [3.05, 3.63) is 65.0 Å². The van der Waals surface area contributed by atoms with Crippen LogP contribution in [0.3, 0.4) is 0 Å². The summed E-state index contributed by atoms with van der Waals surface area (Å²) in [5.41, 5.74) is 1.17. The minimum absolute atomic E-state index is 0.0245. The van der Waals surface area contributed by atoms with Crippen LogP contribution in [-0.4, -0.2) is 42.4 Å². The van der Waals surface area contributed by atoms with Gasteiger partial charge in [0.2, 0.25) is 5.62 Å². The van der Waals surface area contributed by atoms with Crippen molar-refractivity contribution in [1.82, 2.24) is 4.90 Å². The Balaban J connectivity index is 1.98. The summed E-state index contributed by atoms with van der Waals surface area (Å²) in [5, 5.41) is 14.7. The lowest BCUT2D eigenvalue weighted by atomic mass is 10.0. The van der Waals surface area contributed by atoms with Crippen LogP contribution in [0.15, 0.2) is 54.2 Å². The van der Waals surface area contributed by atoms with Gasteiger partial charge in [0.1, 0.15) is 11.4 Å². The molecular weight excluding hydrogens is 336 g/mol. The average Bonchev–Trinajstić information content (AvgIpc) is 2.62. The van der Waals surface area contributed by atoms with Gasteiger partial charge < -0.3 is 14.6 Å². The molecule has 132 valence electrons. The van der Waals surface area contributed by atoms with Gasteiger partial charge in [-0.3, -0.25) is 0 Å². The summed E-state index contributed by atoms with van der Waals surface area (Å²) in [4.78, 5) is 1.88. The Morgan fingerprint density at radius 2 is 1.88 bits per heavy atom. The van der Waals surface area contributed by atoms with Crippen molar-refractivity contribution >= 4 is 28.4 Å². The third kappa shape index (κ3) is 3.18. The number of likely N-dealkylation sites (N-methyl/N-ethyl adjacent to an activating group) is 1. The van der Waals surface area contributed by atoms with E-state index in [1.165, 1.54) is 0 Å². The number of hydrogen-bond donors (Lipinski definition) is 0. The first-order chi connectivity index (χ1) is 11.9. The zero-order valence-electron chi connectivity index (χ0n) is 14.9. The molecule has 3 rings (SSSR count). The Bertz CT molecular complexity index is 845. The van der Waals surface area contributed by atoms with Crippen LogP contribution in [0.1, 0.15) is 12.5 Å². The minimum atomic E-state index is -0.646. The highest BCUT2D eigenvalue weighted by Gasteiger charge is 2.36. The van der Waals surface area contributed by atoms with E-state index in [1.807, 2.05) is 49.2 Å². The second-order valence-electron chi connectivity index (χ2n) is 6.53. The summed E-state index contributed by atoms with van der Waals surface area (Å²) < 4.78 is 4.87. The maximum absolute atomic E-state index is 12.5. The van der Waals surface area contributed by atoms with E-state index in [-0.39, 0.29) is 6.04 Å². The van der Waals surface area contributed by atoms with Crippen LogP contribution in [0.5, 0.6) is 5.75 Å². The summed E-state index contributed by atoms with van der Waals surface area (Å²) in [6, 6.07) is 12.2. The van der Waals surface area contributed by atoms with Crippen LogP contribution in [0, 0.1) is 5.21 Å². The SMILES string of the molecule is COc1ccc(C=CC2C=C(C)[N+](C)([O-])C(Cl)N2C)c2ccccc12. The monoisotopic (exact) mass is 358 g/mol. The molecule has 2 aromatic rings. The molecule has 2 aromatic carbocycles. The number of alkyl halides is 1. The summed E-state index contributed by atoms with van der Waals surface area (Å²) >= 11 is 6.36. The van der Waals surface area contributed by atoms with Crippen LogP contribution in [-0.2, 0) is 0 Å². The maximum atomic E-state index is 12.5. The standard InChI is InChI=1S/C20H23ClN2O2/c1-14-13-16(22(2)20(21)23(14,3)24)11-9-15-10-12-19(25-4)18-8-6-5-7-17(15)18/h5-13,16,20H,1-4H3. The maximum Gasteiger partial charge on any atom is 0.227 e. The van der Waals surface area contributed by atoms with Gasteiger partial charge >= 0.3 is 0 Å². The number of hydrogen-bond acceptors (Lipinski definition) is 3. The fourth-order valence-electron chi connectivity index (χ4n) is 3.18. The molecular formula is C20H23ClN2O2. The van der Waals surface area contributed by atoms with Crippen LogP contribution < -0.4 is 4.74 Å². The van der Waals surface area contributed by atoms with E-state index in [9.17, 15) is 5.21 Å². The van der Waals surface area contributed by atoms with E-state index >= 15 is 0 Å². The molecule has 3 atom stereocenters. The van der Waals surface area contributed by atoms with Gasteiger partial charge in [-0.1, -0.05) is 42.5 Å². The van der Waals surface area contributed by atoms with Gasteiger partial charge in [0.05, 0.1) is 20.2 Å². The minimum Gasteiger partial charge on any atom is -0.626 e. The zero-order valence-corrected chi connectivity index (χ0v) is 15.7. The Kier molecular flexibility index (Phi) is 4.89. The van der Waals surface area contributed by atoms with Crippen molar-refractivity contribution in [2.45, 2.75) is 18.6 Å². The normalized spacial score (nSPS) is 27.7. The second kappa shape index (κ2) is 6.81. The molecule has 0 aliphatic carbocycles. The van der Waals surface area contributed by atoms with E-state index in [2.05, 4.69) is 24.3 Å². The van der Waals surface area contributed by atoms with Crippen molar-refractivity contribution in [2.75, 3.05) is 21.2 Å². The fraction of sp³-hybridized carbons (Fsp3) is 0.300. The molecule has 0 amide bonds. The number of halogens is 1. The van der Waals surface area contributed by atoms with Crippen LogP contribution in [0.4, 0.5) is 0 Å². The van der Waals surface area contributed by atoms with Gasteiger partial charge in [0, 0.05) is 12.3 Å². The highest BCUT2D eigenvalue weighted by atomic mass is 35.5. The molecule has 5 heteroatoms. The highest BCUT2D eigenvalue weighted by Crippen LogP contribution is 2.32. The summed E-state index contributed by atoms with van der Waals surface area (Å²) in [7, 11) is 5.13. The molecule has 3 unspecified atom stereocenters. The molecule has 0 radical (unpaired) electrons. The molecule has 0 aromatic heterocycles. The van der Waals surface area contributed by atoms with E-state index in [0.717, 1.165) is 22.1 Å². The molecule has 0 saturated heterocycles. The first kappa shape index (κ1) is 18.0. The number of allylic oxidation sites excluding steroid dienone is 1. The van der Waals surface area contributed by atoms with E-state index < -0.39 is 10.3 Å². The third-order valence-corrected chi connectivity index (χ3v) is 5.62. The molecule has 1 heterocycles. The summed E-state index contributed by atoms with van der Waals surface area (Å²) in [6.07, 6.45) is 6.12. The number of quaternary nitrogens is 1. The summed E-state index contributed by atoms with van der Waals surface area (Å²) in [5.74, 6) is 0.860. The molecule has 1 aliphatic heterocycles. The van der Waals surface area contributed by atoms with E-state index in [1.54, 1.807) is 14.2 Å². The molecule has 0 spiro atoms. The molecule has 0 N–H and O–H groups in total. The zero-order chi connectivity index (χ0) is 18.2. The van der Waals surface area contributed by atoms with Crippen molar-refractivity contribution in [1.29, 1.82) is 0 Å². The van der Waals surface area contributed by atoms with Gasteiger partial charge in [0.25, 0.3) is 0 Å². The lowest BCUT2D eigenvalue weighted by Crippen LogP contribution is -2.56.